The van der Waals surface area contributed by atoms with Crippen molar-refractivity contribution in [3.8, 4) is 0 Å². The summed E-state index contributed by atoms with van der Waals surface area (Å²) in [5.74, 6) is 1.02. The second-order valence-electron chi connectivity index (χ2n) is 5.04. The van der Waals surface area contributed by atoms with Crippen molar-refractivity contribution < 1.29 is 5.11 Å². The first-order chi connectivity index (χ1) is 8.81. The molecule has 0 spiro atoms. The van der Waals surface area contributed by atoms with Crippen molar-refractivity contribution in [2.45, 2.75) is 77.6 Å². The molecule has 0 saturated heterocycles. The summed E-state index contributed by atoms with van der Waals surface area (Å²) < 4.78 is 0. The van der Waals surface area contributed by atoms with Gasteiger partial charge in [0, 0.05) is 6.61 Å². The molecule has 2 heteroatoms. The first-order valence-corrected chi connectivity index (χ1v) is 8.71. The van der Waals surface area contributed by atoms with Gasteiger partial charge in [0.25, 0.3) is 0 Å². The van der Waals surface area contributed by atoms with Crippen LogP contribution in [0.25, 0.3) is 0 Å². The topological polar surface area (TPSA) is 20.2 Å². The summed E-state index contributed by atoms with van der Waals surface area (Å²) in [6.07, 6.45) is 14.5. The smallest absolute Gasteiger partial charge is 0.0439 e. The van der Waals surface area contributed by atoms with E-state index < -0.39 is 0 Å². The molecule has 0 rings (SSSR count). The van der Waals surface area contributed by atoms with E-state index in [4.69, 9.17) is 5.11 Å². The van der Waals surface area contributed by atoms with E-state index in [9.17, 15) is 0 Å². The molecule has 0 fully saturated rings. The van der Waals surface area contributed by atoms with Gasteiger partial charge in [0.1, 0.15) is 0 Å². The summed E-state index contributed by atoms with van der Waals surface area (Å²) in [5, 5.41) is 8.69. The Bertz CT molecular complexity index is 180. The quantitative estimate of drug-likeness (QED) is 0.419. The highest BCUT2D eigenvalue weighted by molar-refractivity contribution is 8.03. The van der Waals surface area contributed by atoms with Crippen molar-refractivity contribution in [3.63, 3.8) is 0 Å². The lowest BCUT2D eigenvalue weighted by Crippen LogP contribution is -1.87. The third-order valence-corrected chi connectivity index (χ3v) is 4.27. The maximum atomic E-state index is 8.69. The first-order valence-electron chi connectivity index (χ1n) is 7.72. The van der Waals surface area contributed by atoms with Gasteiger partial charge in [0.05, 0.1) is 0 Å². The number of aliphatic hydroxyl groups is 1. The van der Waals surface area contributed by atoms with Crippen molar-refractivity contribution in [3.05, 3.63) is 11.5 Å². The van der Waals surface area contributed by atoms with Gasteiger partial charge in [-0.1, -0.05) is 64.9 Å². The number of rotatable bonds is 14. The van der Waals surface area contributed by atoms with Gasteiger partial charge in [-0.05, 0) is 29.9 Å². The third-order valence-electron chi connectivity index (χ3n) is 3.17. The lowest BCUT2D eigenvalue weighted by Gasteiger charge is -2.05. The van der Waals surface area contributed by atoms with Crippen LogP contribution in [-0.2, 0) is 0 Å². The zero-order chi connectivity index (χ0) is 13.5. The number of aliphatic hydroxyl groups excluding tert-OH is 1. The molecule has 0 aliphatic carbocycles. The Labute approximate surface area is 118 Å². The van der Waals surface area contributed by atoms with Crippen LogP contribution in [0.3, 0.4) is 0 Å². The zero-order valence-electron chi connectivity index (χ0n) is 12.3. The number of hydrogen-bond acceptors (Lipinski definition) is 2. The zero-order valence-corrected chi connectivity index (χ0v) is 13.1. The molecular weight excluding hydrogens is 240 g/mol. The van der Waals surface area contributed by atoms with Gasteiger partial charge in [0.2, 0.25) is 0 Å². The van der Waals surface area contributed by atoms with E-state index in [0.29, 0.717) is 6.61 Å². The second kappa shape index (κ2) is 15.1. The lowest BCUT2D eigenvalue weighted by molar-refractivity contribution is 0.296. The molecule has 0 radical (unpaired) electrons. The van der Waals surface area contributed by atoms with E-state index in [1.54, 1.807) is 0 Å². The highest BCUT2D eigenvalue weighted by Gasteiger charge is 1.96. The van der Waals surface area contributed by atoms with Gasteiger partial charge in [0.15, 0.2) is 0 Å². The molecule has 0 aliphatic rings. The van der Waals surface area contributed by atoms with Crippen LogP contribution in [0.5, 0.6) is 0 Å². The van der Waals surface area contributed by atoms with E-state index in [0.717, 1.165) is 18.6 Å². The minimum absolute atomic E-state index is 0.304. The van der Waals surface area contributed by atoms with Crippen molar-refractivity contribution in [2.24, 2.45) is 0 Å². The molecule has 0 amide bonds. The molecule has 0 aromatic carbocycles. The molecule has 0 saturated carbocycles. The predicted octanol–water partition coefficient (Wildman–Crippen LogP) is 5.54. The molecule has 1 N–H and O–H groups in total. The maximum Gasteiger partial charge on any atom is 0.0439 e. The Morgan fingerprint density at radius 3 is 2.00 bits per heavy atom. The van der Waals surface area contributed by atoms with E-state index >= 15 is 0 Å². The lowest BCUT2D eigenvalue weighted by atomic mass is 10.1. The summed E-state index contributed by atoms with van der Waals surface area (Å²) >= 11 is 1.82. The summed E-state index contributed by atoms with van der Waals surface area (Å²) in [4.78, 5) is 1.30. The molecule has 0 unspecified atom stereocenters. The van der Waals surface area contributed by atoms with E-state index in [1.807, 2.05) is 11.8 Å². The van der Waals surface area contributed by atoms with E-state index in [1.165, 1.54) is 62.7 Å². The second-order valence-corrected chi connectivity index (χ2v) is 6.32. The fourth-order valence-electron chi connectivity index (χ4n) is 1.99. The molecule has 0 aliphatic heterocycles. The number of allylic oxidation sites excluding steroid dienone is 1. The Kier molecular flexibility index (Phi) is 15.2. The highest BCUT2D eigenvalue weighted by Crippen LogP contribution is 2.21. The van der Waals surface area contributed by atoms with Crippen LogP contribution in [0, 0.1) is 0 Å². The van der Waals surface area contributed by atoms with E-state index in [2.05, 4.69) is 13.5 Å². The molecule has 1 nitrogen and oxygen atoms in total. The number of unbranched alkanes of at least 4 members (excludes halogenated alkanes) is 8. The van der Waals surface area contributed by atoms with Gasteiger partial charge in [-0.2, -0.15) is 0 Å². The van der Waals surface area contributed by atoms with Gasteiger partial charge < -0.3 is 5.11 Å². The Hall–Kier alpha value is 0.0500. The van der Waals surface area contributed by atoms with Crippen molar-refractivity contribution in [2.75, 3.05) is 12.4 Å². The minimum Gasteiger partial charge on any atom is -0.396 e. The van der Waals surface area contributed by atoms with Crippen molar-refractivity contribution in [1.82, 2.24) is 0 Å². The van der Waals surface area contributed by atoms with Crippen molar-refractivity contribution in [1.29, 1.82) is 0 Å². The highest BCUT2D eigenvalue weighted by atomic mass is 32.2. The molecule has 18 heavy (non-hydrogen) atoms. The van der Waals surface area contributed by atoms with Crippen LogP contribution in [0.4, 0.5) is 0 Å². The molecule has 0 atom stereocenters. The van der Waals surface area contributed by atoms with Crippen LogP contribution in [0.15, 0.2) is 11.5 Å². The van der Waals surface area contributed by atoms with Crippen LogP contribution in [0.1, 0.15) is 77.6 Å². The average molecular weight is 272 g/mol. The van der Waals surface area contributed by atoms with Gasteiger partial charge >= 0.3 is 0 Å². The maximum absolute atomic E-state index is 8.69. The summed E-state index contributed by atoms with van der Waals surface area (Å²) in [6.45, 7) is 6.65. The standard InChI is InChI=1S/C16H32OS/c1-3-4-5-6-7-8-9-10-11-13-16(2)18-15-12-14-17/h17H,2-15H2,1H3. The minimum atomic E-state index is 0.304. The normalized spacial score (nSPS) is 10.8. The molecule has 0 bridgehead atoms. The molecule has 0 heterocycles. The van der Waals surface area contributed by atoms with Gasteiger partial charge in [-0.25, -0.2) is 0 Å². The third kappa shape index (κ3) is 14.1. The SMILES string of the molecule is C=C(CCCCCCCCCCC)SCCCO. The Morgan fingerprint density at radius 1 is 0.889 bits per heavy atom. The number of hydrogen-bond donors (Lipinski definition) is 1. The fourth-order valence-corrected chi connectivity index (χ4v) is 2.84. The van der Waals surface area contributed by atoms with Crippen LogP contribution < -0.4 is 0 Å². The predicted molar refractivity (Wildman–Crippen MR) is 85.1 cm³/mol. The molecule has 108 valence electrons. The molecular formula is C16H32OS. The molecule has 0 aromatic heterocycles. The van der Waals surface area contributed by atoms with Gasteiger partial charge in [-0.15, -0.1) is 11.8 Å². The summed E-state index contributed by atoms with van der Waals surface area (Å²) in [5.41, 5.74) is 0. The van der Waals surface area contributed by atoms with Crippen molar-refractivity contribution >= 4 is 11.8 Å². The molecule has 0 aromatic rings. The Morgan fingerprint density at radius 2 is 1.44 bits per heavy atom. The van der Waals surface area contributed by atoms with Gasteiger partial charge in [-0.3, -0.25) is 0 Å². The largest absolute Gasteiger partial charge is 0.396 e. The number of thioether (sulfide) groups is 1. The van der Waals surface area contributed by atoms with Crippen LogP contribution >= 0.6 is 11.8 Å². The Balaban J connectivity index is 3.08. The average Bonchev–Trinajstić information content (AvgIpc) is 2.37. The van der Waals surface area contributed by atoms with Crippen LogP contribution in [0.2, 0.25) is 0 Å². The van der Waals surface area contributed by atoms with Crippen LogP contribution in [-0.4, -0.2) is 17.5 Å². The summed E-state index contributed by atoms with van der Waals surface area (Å²) in [6, 6.07) is 0. The van der Waals surface area contributed by atoms with E-state index in [-0.39, 0.29) is 0 Å². The summed E-state index contributed by atoms with van der Waals surface area (Å²) in [7, 11) is 0. The first kappa shape index (κ1) is 18.0. The fraction of sp³-hybridized carbons (Fsp3) is 0.875. The monoisotopic (exact) mass is 272 g/mol.